The number of aliphatic hydroxyl groups is 1. The van der Waals surface area contributed by atoms with Gasteiger partial charge in [-0.05, 0) is 30.5 Å². The van der Waals surface area contributed by atoms with E-state index < -0.39 is 28.1 Å². The number of imidazole rings is 1. The third-order valence-electron chi connectivity index (χ3n) is 7.72. The summed E-state index contributed by atoms with van der Waals surface area (Å²) < 4.78 is 36.9. The Morgan fingerprint density at radius 2 is 1.84 bits per heavy atom. The van der Waals surface area contributed by atoms with Gasteiger partial charge in [0, 0.05) is 38.1 Å². The number of benzene rings is 3. The molecule has 232 valence electrons. The molecule has 1 aliphatic rings. The zero-order valence-corrected chi connectivity index (χ0v) is 25.8. The van der Waals surface area contributed by atoms with E-state index in [1.807, 2.05) is 49.4 Å². The number of carbonyl (C=O) groups excluding carboxylic acids is 2. The predicted octanol–water partition coefficient (Wildman–Crippen LogP) is 3.76. The number of fused-ring (bicyclic) bond motifs is 2. The van der Waals surface area contributed by atoms with E-state index in [4.69, 9.17) is 4.74 Å². The monoisotopic (exact) mass is 620 g/mol. The van der Waals surface area contributed by atoms with Crippen LogP contribution in [-0.4, -0.2) is 83.7 Å². The first-order valence-corrected chi connectivity index (χ1v) is 15.7. The van der Waals surface area contributed by atoms with E-state index >= 15 is 0 Å². The van der Waals surface area contributed by atoms with Gasteiger partial charge in [0.15, 0.2) is 10.8 Å². The maximum atomic E-state index is 13.7. The largest absolute Gasteiger partial charge is 0.485 e. The van der Waals surface area contributed by atoms with Crippen molar-refractivity contribution >= 4 is 44.1 Å². The van der Waals surface area contributed by atoms with Gasteiger partial charge in [-0.15, -0.1) is 0 Å². The molecule has 2 heterocycles. The van der Waals surface area contributed by atoms with Gasteiger partial charge >= 0.3 is 6.03 Å². The molecule has 0 spiro atoms. The zero-order valence-electron chi connectivity index (χ0n) is 25.0. The summed E-state index contributed by atoms with van der Waals surface area (Å²) in [5.74, 6) is -0.686. The molecule has 12 nitrogen and oxygen atoms in total. The smallest absolute Gasteiger partial charge is 0.321 e. The Hall–Kier alpha value is -4.62. The molecule has 4 aromatic rings. The second-order valence-electron chi connectivity index (χ2n) is 11.1. The van der Waals surface area contributed by atoms with Crippen molar-refractivity contribution in [1.29, 1.82) is 0 Å². The molecule has 0 saturated carbocycles. The van der Waals surface area contributed by atoms with E-state index in [2.05, 4.69) is 15.0 Å². The minimum Gasteiger partial charge on any atom is -0.485 e. The number of sulfonamides is 1. The number of aromatic nitrogens is 2. The third-order valence-corrected chi connectivity index (χ3v) is 8.97. The lowest BCUT2D eigenvalue weighted by Crippen LogP contribution is -2.50. The summed E-state index contributed by atoms with van der Waals surface area (Å²) in [6.45, 7) is 3.72. The maximum absolute atomic E-state index is 13.7. The molecule has 44 heavy (non-hydrogen) atoms. The predicted molar refractivity (Wildman–Crippen MR) is 167 cm³/mol. The van der Waals surface area contributed by atoms with Crippen LogP contribution in [0.15, 0.2) is 78.2 Å². The van der Waals surface area contributed by atoms with Crippen molar-refractivity contribution in [3.63, 3.8) is 0 Å². The number of carbonyl (C=O) groups is 2. The number of rotatable bonds is 8. The molecule has 0 unspecified atom stereocenters. The van der Waals surface area contributed by atoms with Gasteiger partial charge in [-0.3, -0.25) is 9.52 Å². The van der Waals surface area contributed by atoms with Crippen LogP contribution in [-0.2, 0) is 17.1 Å². The number of aryl methyl sites for hydroxylation is 1. The van der Waals surface area contributed by atoms with E-state index in [0.717, 1.165) is 10.8 Å². The summed E-state index contributed by atoms with van der Waals surface area (Å²) in [4.78, 5) is 34.1. The van der Waals surface area contributed by atoms with Crippen LogP contribution in [0.1, 0.15) is 24.2 Å². The molecule has 3 atom stereocenters. The molecule has 13 heteroatoms. The van der Waals surface area contributed by atoms with E-state index in [-0.39, 0.29) is 53.7 Å². The first kappa shape index (κ1) is 30.8. The first-order valence-electron chi connectivity index (χ1n) is 14.2. The highest BCUT2D eigenvalue weighted by Gasteiger charge is 2.35. The van der Waals surface area contributed by atoms with Gasteiger partial charge in [0.1, 0.15) is 6.10 Å². The number of ether oxygens (including phenoxy) is 1. The van der Waals surface area contributed by atoms with E-state index in [1.54, 1.807) is 38.1 Å². The molecule has 0 radical (unpaired) electrons. The molecule has 0 aliphatic carbocycles. The average molecular weight is 621 g/mol. The van der Waals surface area contributed by atoms with Crippen LogP contribution >= 0.6 is 0 Å². The minimum absolute atomic E-state index is 0.0338. The Morgan fingerprint density at radius 1 is 1.14 bits per heavy atom. The summed E-state index contributed by atoms with van der Waals surface area (Å²) in [5, 5.41) is 14.6. The number of nitrogens with zero attached hydrogens (tertiary/aromatic N) is 4. The summed E-state index contributed by atoms with van der Waals surface area (Å²) in [5.41, 5.74) is 0.850. The van der Waals surface area contributed by atoms with E-state index in [9.17, 15) is 23.1 Å². The lowest BCUT2D eigenvalue weighted by atomic mass is 9.99. The SMILES string of the molecule is C[C@@H]1CN([C@@H](C)CO)C(=O)c2cccc(NS(=O)(=O)c3cn(C)cn3)c2O[C@H]1CN(C)C(=O)Nc1cccc2ccccc12. The molecule has 5 rings (SSSR count). The van der Waals surface area contributed by atoms with Gasteiger partial charge in [0.05, 0.1) is 42.5 Å². The van der Waals surface area contributed by atoms with Gasteiger partial charge in [-0.25, -0.2) is 9.78 Å². The van der Waals surface area contributed by atoms with Crippen molar-refractivity contribution in [2.75, 3.05) is 36.8 Å². The average Bonchev–Trinajstić information content (AvgIpc) is 3.46. The van der Waals surface area contributed by atoms with Crippen molar-refractivity contribution in [3.8, 4) is 5.75 Å². The number of aliphatic hydroxyl groups excluding tert-OH is 1. The van der Waals surface area contributed by atoms with Crippen LogP contribution in [0, 0.1) is 5.92 Å². The fourth-order valence-electron chi connectivity index (χ4n) is 5.16. The zero-order chi connectivity index (χ0) is 31.6. The fourth-order valence-corrected chi connectivity index (χ4v) is 6.21. The number of hydrogen-bond acceptors (Lipinski definition) is 7. The van der Waals surface area contributed by atoms with Crippen LogP contribution in [0.25, 0.3) is 10.8 Å². The fraction of sp³-hybridized carbons (Fsp3) is 0.323. The van der Waals surface area contributed by atoms with E-state index in [0.29, 0.717) is 5.69 Å². The Balaban J connectivity index is 1.46. The van der Waals surface area contributed by atoms with E-state index in [1.165, 1.54) is 28.1 Å². The van der Waals surface area contributed by atoms with Crippen LogP contribution < -0.4 is 14.8 Å². The van der Waals surface area contributed by atoms with Crippen molar-refractivity contribution in [3.05, 3.63) is 78.8 Å². The standard InChI is InChI=1S/C31H36N6O6S/c1-20-15-37(21(2)18-38)30(39)24-12-8-14-26(34-44(41,42)28-17-35(3)19-32-28)29(24)43-27(20)16-36(4)31(40)33-25-13-7-10-22-9-5-6-11-23(22)25/h5-14,17,19-21,27,34,38H,15-16,18H2,1-4H3,(H,33,40)/t20-,21+,27+/m1/s1. The Kier molecular flexibility index (Phi) is 8.79. The number of likely N-dealkylation sites (N-methyl/N-ethyl adjacent to an activating group) is 1. The number of anilines is 2. The maximum Gasteiger partial charge on any atom is 0.321 e. The first-order chi connectivity index (χ1) is 21.0. The second-order valence-corrected chi connectivity index (χ2v) is 12.8. The molecule has 1 aliphatic heterocycles. The molecular formula is C31H36N6O6S. The Morgan fingerprint density at radius 3 is 2.57 bits per heavy atom. The van der Waals surface area contributed by atoms with Crippen LogP contribution in [0.3, 0.4) is 0 Å². The molecule has 0 bridgehead atoms. The van der Waals surface area contributed by atoms with Gasteiger partial charge in [-0.1, -0.05) is 49.4 Å². The van der Waals surface area contributed by atoms with Gasteiger partial charge in [0.25, 0.3) is 15.9 Å². The molecule has 3 amide bonds. The number of nitrogens with one attached hydrogen (secondary N) is 2. The highest BCUT2D eigenvalue weighted by atomic mass is 32.2. The summed E-state index contributed by atoms with van der Waals surface area (Å²) >= 11 is 0. The molecule has 3 N–H and O–H groups in total. The molecule has 0 fully saturated rings. The topological polar surface area (TPSA) is 146 Å². The number of amides is 3. The third kappa shape index (κ3) is 6.33. The highest BCUT2D eigenvalue weighted by Crippen LogP contribution is 2.36. The second kappa shape index (κ2) is 12.5. The number of para-hydroxylation sites is 1. The minimum atomic E-state index is -4.12. The van der Waals surface area contributed by atoms with Crippen LogP contribution in [0.2, 0.25) is 0 Å². The van der Waals surface area contributed by atoms with Gasteiger partial charge in [-0.2, -0.15) is 8.42 Å². The van der Waals surface area contributed by atoms with Crippen molar-refractivity contribution in [2.45, 2.75) is 31.0 Å². The molecule has 0 saturated heterocycles. The van der Waals surface area contributed by atoms with Gasteiger partial charge in [0.2, 0.25) is 0 Å². The lowest BCUT2D eigenvalue weighted by Gasteiger charge is -2.38. The summed E-state index contributed by atoms with van der Waals surface area (Å²) in [6.07, 6.45) is 2.08. The van der Waals surface area contributed by atoms with Crippen molar-refractivity contribution in [2.24, 2.45) is 13.0 Å². The molecular weight excluding hydrogens is 584 g/mol. The van der Waals surface area contributed by atoms with Crippen LogP contribution in [0.5, 0.6) is 5.75 Å². The number of hydrogen-bond donors (Lipinski definition) is 3. The quantitative estimate of drug-likeness (QED) is 0.272. The summed E-state index contributed by atoms with van der Waals surface area (Å²) in [7, 11) is -0.822. The Labute approximate surface area is 256 Å². The number of urea groups is 1. The van der Waals surface area contributed by atoms with Crippen molar-refractivity contribution < 1.29 is 27.9 Å². The highest BCUT2D eigenvalue weighted by molar-refractivity contribution is 7.92. The van der Waals surface area contributed by atoms with Crippen molar-refractivity contribution in [1.82, 2.24) is 19.4 Å². The molecule has 3 aromatic carbocycles. The Bertz CT molecular complexity index is 1790. The molecule has 1 aromatic heterocycles. The van der Waals surface area contributed by atoms with Gasteiger partial charge < -0.3 is 29.5 Å². The normalized spacial score (nSPS) is 17.7. The lowest BCUT2D eigenvalue weighted by molar-refractivity contribution is 0.0373. The summed E-state index contributed by atoms with van der Waals surface area (Å²) in [6, 6.07) is 17.2. The van der Waals surface area contributed by atoms with Crippen LogP contribution in [0.4, 0.5) is 16.2 Å².